The number of benzene rings is 1. The number of nitro benzene ring substituents is 1. The van der Waals surface area contributed by atoms with E-state index in [1.807, 2.05) is 0 Å². The van der Waals surface area contributed by atoms with E-state index in [2.05, 4.69) is 26.4 Å². The molecule has 1 saturated heterocycles. The molecule has 2 aromatic rings. The van der Waals surface area contributed by atoms with Crippen molar-refractivity contribution in [2.24, 2.45) is 5.92 Å². The standard InChI is InChI=1S/C17H21N3O4S2/c21-20(22)16-1-3-17(4-2-16)26(23,24)18-11-14-5-8-19(9-6-14)12-15-7-10-25-13-15/h1-4,7,10,13-14,18H,5-6,8-9,11-12H2. The van der Waals surface area contributed by atoms with E-state index in [-0.39, 0.29) is 10.6 Å². The minimum absolute atomic E-state index is 0.0537. The van der Waals surface area contributed by atoms with Crippen molar-refractivity contribution in [3.8, 4) is 0 Å². The van der Waals surface area contributed by atoms with Crippen LogP contribution < -0.4 is 4.72 Å². The van der Waals surface area contributed by atoms with Crippen LogP contribution in [0.2, 0.25) is 0 Å². The number of piperidine rings is 1. The number of rotatable bonds is 7. The summed E-state index contributed by atoms with van der Waals surface area (Å²) in [5.74, 6) is 0.307. The summed E-state index contributed by atoms with van der Waals surface area (Å²) < 4.78 is 27.3. The second kappa shape index (κ2) is 8.26. The second-order valence-electron chi connectivity index (χ2n) is 6.45. The maximum atomic E-state index is 12.3. The van der Waals surface area contributed by atoms with Gasteiger partial charge in [0.05, 0.1) is 9.82 Å². The maximum Gasteiger partial charge on any atom is 0.269 e. The van der Waals surface area contributed by atoms with Gasteiger partial charge in [-0.2, -0.15) is 11.3 Å². The Bertz CT molecular complexity index is 827. The van der Waals surface area contributed by atoms with E-state index in [1.165, 1.54) is 29.8 Å². The summed E-state index contributed by atoms with van der Waals surface area (Å²) in [5, 5.41) is 14.9. The van der Waals surface area contributed by atoms with Crippen molar-refractivity contribution in [1.29, 1.82) is 0 Å². The highest BCUT2D eigenvalue weighted by molar-refractivity contribution is 7.89. The van der Waals surface area contributed by atoms with Gasteiger partial charge in [-0.1, -0.05) is 0 Å². The monoisotopic (exact) mass is 395 g/mol. The summed E-state index contributed by atoms with van der Waals surface area (Å²) in [4.78, 5) is 12.6. The quantitative estimate of drug-likeness (QED) is 0.575. The second-order valence-corrected chi connectivity index (χ2v) is 9.00. The molecule has 0 spiro atoms. The fourth-order valence-electron chi connectivity index (χ4n) is 3.05. The summed E-state index contributed by atoms with van der Waals surface area (Å²) in [6.45, 7) is 3.26. The lowest BCUT2D eigenvalue weighted by atomic mass is 9.97. The predicted octanol–water partition coefficient (Wildman–Crippen LogP) is 2.85. The molecule has 0 aliphatic carbocycles. The molecule has 1 aromatic heterocycles. The lowest BCUT2D eigenvalue weighted by Crippen LogP contribution is -2.38. The summed E-state index contributed by atoms with van der Waals surface area (Å²) in [5.41, 5.74) is 1.20. The van der Waals surface area contributed by atoms with Crippen LogP contribution in [0.4, 0.5) is 5.69 Å². The van der Waals surface area contributed by atoms with Crippen LogP contribution >= 0.6 is 11.3 Å². The van der Waals surface area contributed by atoms with Crippen LogP contribution in [0.15, 0.2) is 46.0 Å². The summed E-state index contributed by atoms with van der Waals surface area (Å²) in [6.07, 6.45) is 1.90. The van der Waals surface area contributed by atoms with Gasteiger partial charge >= 0.3 is 0 Å². The summed E-state index contributed by atoms with van der Waals surface area (Å²) in [7, 11) is -3.64. The first-order valence-electron chi connectivity index (χ1n) is 8.41. The van der Waals surface area contributed by atoms with Crippen LogP contribution in [0.3, 0.4) is 0 Å². The van der Waals surface area contributed by atoms with Gasteiger partial charge in [0.15, 0.2) is 0 Å². The van der Waals surface area contributed by atoms with E-state index in [0.717, 1.165) is 32.5 Å². The van der Waals surface area contributed by atoms with Crippen LogP contribution in [-0.4, -0.2) is 37.9 Å². The number of sulfonamides is 1. The first-order valence-corrected chi connectivity index (χ1v) is 10.8. The minimum atomic E-state index is -3.64. The zero-order valence-electron chi connectivity index (χ0n) is 14.2. The largest absolute Gasteiger partial charge is 0.299 e. The number of non-ortho nitro benzene ring substituents is 1. The molecule has 0 unspecified atom stereocenters. The Morgan fingerprint density at radius 3 is 2.46 bits per heavy atom. The number of hydrogen-bond donors (Lipinski definition) is 1. The number of nitro groups is 1. The van der Waals surface area contributed by atoms with E-state index in [4.69, 9.17) is 0 Å². The summed E-state index contributed by atoms with van der Waals surface area (Å²) >= 11 is 1.70. The lowest BCUT2D eigenvalue weighted by Gasteiger charge is -2.31. The van der Waals surface area contributed by atoms with Crippen LogP contribution in [0.5, 0.6) is 0 Å². The molecular weight excluding hydrogens is 374 g/mol. The molecule has 1 N–H and O–H groups in total. The average Bonchev–Trinajstić information content (AvgIpc) is 3.14. The molecule has 2 heterocycles. The van der Waals surface area contributed by atoms with Crippen molar-refractivity contribution in [1.82, 2.24) is 9.62 Å². The Balaban J connectivity index is 1.48. The molecule has 1 aliphatic heterocycles. The predicted molar refractivity (Wildman–Crippen MR) is 101 cm³/mol. The minimum Gasteiger partial charge on any atom is -0.299 e. The molecule has 1 aliphatic rings. The van der Waals surface area contributed by atoms with Crippen molar-refractivity contribution < 1.29 is 13.3 Å². The fraction of sp³-hybridized carbons (Fsp3) is 0.412. The number of hydrogen-bond acceptors (Lipinski definition) is 6. The molecule has 0 radical (unpaired) electrons. The third-order valence-electron chi connectivity index (χ3n) is 4.61. The van der Waals surface area contributed by atoms with Gasteiger partial charge < -0.3 is 0 Å². The Morgan fingerprint density at radius 2 is 1.88 bits per heavy atom. The highest BCUT2D eigenvalue weighted by atomic mass is 32.2. The molecule has 0 bridgehead atoms. The van der Waals surface area contributed by atoms with Gasteiger partial charge in [0.25, 0.3) is 5.69 Å². The molecular formula is C17H21N3O4S2. The molecule has 140 valence electrons. The van der Waals surface area contributed by atoms with Gasteiger partial charge in [0, 0.05) is 25.2 Å². The van der Waals surface area contributed by atoms with Gasteiger partial charge in [-0.05, 0) is 66.4 Å². The van der Waals surface area contributed by atoms with Gasteiger partial charge in [0.1, 0.15) is 0 Å². The van der Waals surface area contributed by atoms with E-state index >= 15 is 0 Å². The van der Waals surface area contributed by atoms with E-state index in [1.54, 1.807) is 11.3 Å². The van der Waals surface area contributed by atoms with Gasteiger partial charge in [0.2, 0.25) is 10.0 Å². The van der Waals surface area contributed by atoms with Gasteiger partial charge in [-0.15, -0.1) is 0 Å². The van der Waals surface area contributed by atoms with Gasteiger partial charge in [-0.25, -0.2) is 13.1 Å². The zero-order chi connectivity index (χ0) is 18.6. The highest BCUT2D eigenvalue weighted by Crippen LogP contribution is 2.21. The van der Waals surface area contributed by atoms with E-state index in [0.29, 0.717) is 12.5 Å². The normalized spacial score (nSPS) is 16.6. The first-order chi connectivity index (χ1) is 12.4. The lowest BCUT2D eigenvalue weighted by molar-refractivity contribution is -0.384. The van der Waals surface area contributed by atoms with Crippen molar-refractivity contribution >= 4 is 27.0 Å². The maximum absolute atomic E-state index is 12.3. The van der Waals surface area contributed by atoms with Crippen LogP contribution in [0.1, 0.15) is 18.4 Å². The third-order valence-corrected chi connectivity index (χ3v) is 6.78. The molecule has 1 fully saturated rings. The van der Waals surface area contributed by atoms with Crippen molar-refractivity contribution in [3.05, 3.63) is 56.8 Å². The molecule has 26 heavy (non-hydrogen) atoms. The van der Waals surface area contributed by atoms with Crippen LogP contribution in [0, 0.1) is 16.0 Å². The third kappa shape index (κ3) is 4.88. The van der Waals surface area contributed by atoms with Gasteiger partial charge in [-0.3, -0.25) is 15.0 Å². The van der Waals surface area contributed by atoms with E-state index < -0.39 is 14.9 Å². The Kier molecular flexibility index (Phi) is 6.02. The SMILES string of the molecule is O=[N+]([O-])c1ccc(S(=O)(=O)NCC2CCN(Cc3ccsc3)CC2)cc1. The Hall–Kier alpha value is -1.81. The molecule has 3 rings (SSSR count). The van der Waals surface area contributed by atoms with E-state index in [9.17, 15) is 18.5 Å². The smallest absolute Gasteiger partial charge is 0.269 e. The molecule has 1 aromatic carbocycles. The van der Waals surface area contributed by atoms with Crippen molar-refractivity contribution in [3.63, 3.8) is 0 Å². The number of likely N-dealkylation sites (tertiary alicyclic amines) is 1. The Morgan fingerprint density at radius 1 is 1.19 bits per heavy atom. The van der Waals surface area contributed by atoms with Crippen LogP contribution in [0.25, 0.3) is 0 Å². The molecule has 0 amide bonds. The highest BCUT2D eigenvalue weighted by Gasteiger charge is 2.22. The first kappa shape index (κ1) is 19.0. The topological polar surface area (TPSA) is 92.5 Å². The van der Waals surface area contributed by atoms with Crippen LogP contribution in [-0.2, 0) is 16.6 Å². The molecule has 0 atom stereocenters. The average molecular weight is 396 g/mol. The fourth-order valence-corrected chi connectivity index (χ4v) is 4.82. The number of thiophene rings is 1. The van der Waals surface area contributed by atoms with Crippen molar-refractivity contribution in [2.75, 3.05) is 19.6 Å². The molecule has 0 saturated carbocycles. The molecule has 9 heteroatoms. The summed E-state index contributed by atoms with van der Waals surface area (Å²) in [6, 6.07) is 7.08. The van der Waals surface area contributed by atoms with Crippen molar-refractivity contribution in [2.45, 2.75) is 24.3 Å². The molecule has 7 nitrogen and oxygen atoms in total. The number of nitrogens with zero attached hydrogens (tertiary/aromatic N) is 2. The Labute approximate surface area is 156 Å². The number of nitrogens with one attached hydrogen (secondary N) is 1. The zero-order valence-corrected chi connectivity index (χ0v) is 15.8.